The Hall–Kier alpha value is -4.13. The number of nitrogens with zero attached hydrogens (tertiary/aromatic N) is 6. The lowest BCUT2D eigenvalue weighted by molar-refractivity contribution is 0.0176. The number of phenolic OH excluding ortho intramolecular Hbond substituents is 1. The Morgan fingerprint density at radius 1 is 1.08 bits per heavy atom. The molecule has 0 amide bonds. The molecule has 2 bridgehead atoms. The van der Waals surface area contributed by atoms with Crippen LogP contribution in [0.2, 0.25) is 0 Å². The number of hydrogen-bond donors (Lipinski definition) is 1. The minimum absolute atomic E-state index is 0.00807. The van der Waals surface area contributed by atoms with Crippen molar-refractivity contribution < 1.29 is 28.1 Å². The lowest BCUT2D eigenvalue weighted by atomic mass is 9.94. The van der Waals surface area contributed by atoms with Crippen molar-refractivity contribution in [2.45, 2.75) is 51.7 Å². The summed E-state index contributed by atoms with van der Waals surface area (Å²) in [6, 6.07) is 8.44. The molecule has 3 aliphatic heterocycles. The number of aromatic nitrogens is 4. The molecule has 3 atom stereocenters. The summed E-state index contributed by atoms with van der Waals surface area (Å²) in [7, 11) is 0. The Bertz CT molecular complexity index is 2100. The van der Waals surface area contributed by atoms with Crippen molar-refractivity contribution in [3.05, 3.63) is 53.7 Å². The molecule has 0 spiro atoms. The zero-order chi connectivity index (χ0) is 33.4. The summed E-state index contributed by atoms with van der Waals surface area (Å²) in [6.07, 6.45) is 5.53. The molecule has 12 heteroatoms. The smallest absolute Gasteiger partial charge is 0.319 e. The molecule has 49 heavy (non-hydrogen) atoms. The van der Waals surface area contributed by atoms with Gasteiger partial charge in [-0.15, -0.1) is 0 Å². The zero-order valence-electron chi connectivity index (χ0n) is 27.8. The van der Waals surface area contributed by atoms with Crippen molar-refractivity contribution in [2.75, 3.05) is 57.5 Å². The van der Waals surface area contributed by atoms with Gasteiger partial charge in [-0.05, 0) is 72.2 Å². The number of phenols is 1. The molecule has 256 valence electrons. The topological polar surface area (TPSA) is 97.5 Å². The number of aromatic hydroxyl groups is 1. The summed E-state index contributed by atoms with van der Waals surface area (Å²) in [5.74, 6) is -0.313. The van der Waals surface area contributed by atoms with E-state index in [1.165, 1.54) is 16.6 Å². The van der Waals surface area contributed by atoms with Crippen LogP contribution in [0.4, 0.5) is 14.6 Å². The first-order valence-electron chi connectivity index (χ1n) is 17.4. The van der Waals surface area contributed by atoms with Gasteiger partial charge >= 0.3 is 6.01 Å². The number of likely N-dealkylation sites (tertiary alicyclic amines) is 1. The fourth-order valence-electron chi connectivity index (χ4n) is 8.28. The molecule has 4 aliphatic rings. The van der Waals surface area contributed by atoms with Gasteiger partial charge in [0.25, 0.3) is 0 Å². The van der Waals surface area contributed by atoms with E-state index in [1.807, 2.05) is 13.0 Å². The van der Waals surface area contributed by atoms with E-state index in [4.69, 9.17) is 24.2 Å². The van der Waals surface area contributed by atoms with E-state index in [1.54, 1.807) is 18.3 Å². The molecular weight excluding hydrogens is 630 g/mol. The average molecular weight is 671 g/mol. The van der Waals surface area contributed by atoms with Gasteiger partial charge in [0.15, 0.2) is 5.82 Å². The Kier molecular flexibility index (Phi) is 7.40. The fourth-order valence-corrected chi connectivity index (χ4v) is 8.28. The number of hydrogen-bond acceptors (Lipinski definition) is 9. The van der Waals surface area contributed by atoms with E-state index in [0.717, 1.165) is 39.0 Å². The molecule has 2 aromatic carbocycles. The summed E-state index contributed by atoms with van der Waals surface area (Å²) < 4.78 is 52.3. The summed E-state index contributed by atoms with van der Waals surface area (Å²) in [5, 5.41) is 17.0. The molecule has 1 aliphatic carbocycles. The van der Waals surface area contributed by atoms with Crippen LogP contribution in [0, 0.1) is 23.0 Å². The summed E-state index contributed by atoms with van der Waals surface area (Å²) in [4.78, 5) is 14.4. The quantitative estimate of drug-likeness (QED) is 0.222. The molecule has 1 N–H and O–H groups in total. The van der Waals surface area contributed by atoms with Crippen molar-refractivity contribution in [3.8, 4) is 23.0 Å². The first-order chi connectivity index (χ1) is 23.8. The van der Waals surface area contributed by atoms with Crippen molar-refractivity contribution in [3.63, 3.8) is 0 Å². The van der Waals surface area contributed by atoms with E-state index >= 15 is 8.78 Å². The zero-order valence-corrected chi connectivity index (χ0v) is 27.8. The molecule has 2 unspecified atom stereocenters. The molecule has 10 nitrogen and oxygen atoms in total. The summed E-state index contributed by atoms with van der Waals surface area (Å²) >= 11 is 0. The van der Waals surface area contributed by atoms with Crippen LogP contribution in [0.15, 0.2) is 36.5 Å². The van der Waals surface area contributed by atoms with Gasteiger partial charge in [0.2, 0.25) is 0 Å². The number of fused-ring (bicyclic) bond motifs is 6. The van der Waals surface area contributed by atoms with Crippen LogP contribution >= 0.6 is 0 Å². The molecule has 0 radical (unpaired) electrons. The highest BCUT2D eigenvalue weighted by molar-refractivity contribution is 6.07. The van der Waals surface area contributed by atoms with E-state index in [-0.39, 0.29) is 40.1 Å². The monoisotopic (exact) mass is 670 g/mol. The maximum atomic E-state index is 17.4. The van der Waals surface area contributed by atoms with Crippen LogP contribution in [-0.4, -0.2) is 94.3 Å². The predicted molar refractivity (Wildman–Crippen MR) is 181 cm³/mol. The fraction of sp³-hybridized carbons (Fsp3) is 0.486. The van der Waals surface area contributed by atoms with E-state index in [2.05, 4.69) is 21.8 Å². The van der Waals surface area contributed by atoms with Gasteiger partial charge in [-0.1, -0.05) is 19.9 Å². The predicted octanol–water partition coefficient (Wildman–Crippen LogP) is 5.75. The molecule has 3 aromatic heterocycles. The molecule has 3 saturated heterocycles. The van der Waals surface area contributed by atoms with Gasteiger partial charge in [-0.2, -0.15) is 15.1 Å². The average Bonchev–Trinajstić information content (AvgIpc) is 3.35. The second kappa shape index (κ2) is 11.7. The number of aryl methyl sites for hydroxylation is 1. The normalized spacial score (nSPS) is 23.6. The first kappa shape index (κ1) is 30.9. The Balaban J connectivity index is 1.21. The van der Waals surface area contributed by atoms with Crippen LogP contribution < -0.4 is 9.64 Å². The number of benzene rings is 2. The number of ether oxygens (including phenoxy) is 3. The van der Waals surface area contributed by atoms with Gasteiger partial charge in [0.1, 0.15) is 28.6 Å². The van der Waals surface area contributed by atoms with Crippen molar-refractivity contribution >= 4 is 33.0 Å². The van der Waals surface area contributed by atoms with E-state index < -0.39 is 5.82 Å². The maximum Gasteiger partial charge on any atom is 0.319 e. The molecule has 1 saturated carbocycles. The third-order valence-electron chi connectivity index (χ3n) is 10.9. The van der Waals surface area contributed by atoms with E-state index in [9.17, 15) is 5.11 Å². The SMILES string of the molecule is CCc1c(F)ccc2cc(O)cc(-c3c(F)c4nc(OCC5(CN6C[C@@H]7CC6CO7)CC5)nc(N5CCOCC(C)C5)c4c4ccnn34)c12. The standard InChI is InChI=1S/C37H40F2N6O4/c1-3-26-28(38)5-4-22-12-24(46)14-27(30(22)26)34-32(39)33-31(29-6-9-40-45(29)34)35(43-10-11-47-17-21(2)15-43)42-36(41-33)49-20-37(7-8-37)19-44-16-25-13-23(44)18-48-25/h4-6,9,12,14,21,23,25,46H,3,7-8,10-11,13,15-20H2,1-2H3/t21?,23?,25-/m0/s1. The van der Waals surface area contributed by atoms with Crippen molar-refractivity contribution in [1.82, 2.24) is 24.5 Å². The third kappa shape index (κ3) is 5.26. The minimum atomic E-state index is -0.647. The molecule has 9 rings (SSSR count). The summed E-state index contributed by atoms with van der Waals surface area (Å²) in [5.41, 5.74) is 1.55. The van der Waals surface area contributed by atoms with Crippen LogP contribution in [-0.2, 0) is 15.9 Å². The molecule has 5 aromatic rings. The minimum Gasteiger partial charge on any atom is -0.508 e. The highest BCUT2D eigenvalue weighted by Gasteiger charge is 2.49. The van der Waals surface area contributed by atoms with Crippen molar-refractivity contribution in [2.24, 2.45) is 11.3 Å². The van der Waals surface area contributed by atoms with E-state index in [0.29, 0.717) is 90.1 Å². The van der Waals surface area contributed by atoms with Crippen molar-refractivity contribution in [1.29, 1.82) is 0 Å². The van der Waals surface area contributed by atoms with Crippen LogP contribution in [0.25, 0.3) is 38.4 Å². The maximum absolute atomic E-state index is 17.4. The molecular formula is C37H40F2N6O4. The third-order valence-corrected chi connectivity index (χ3v) is 10.9. The lowest BCUT2D eigenvalue weighted by Crippen LogP contribution is -2.42. The van der Waals surface area contributed by atoms with Gasteiger partial charge in [-0.3, -0.25) is 4.90 Å². The highest BCUT2D eigenvalue weighted by Crippen LogP contribution is 2.48. The highest BCUT2D eigenvalue weighted by atomic mass is 19.1. The Morgan fingerprint density at radius 3 is 2.73 bits per heavy atom. The number of anilines is 1. The number of rotatable bonds is 8. The number of pyridine rings is 1. The first-order valence-corrected chi connectivity index (χ1v) is 17.4. The van der Waals surface area contributed by atoms with Crippen LogP contribution in [0.1, 0.15) is 38.7 Å². The van der Waals surface area contributed by atoms with Gasteiger partial charge in [0.05, 0.1) is 49.6 Å². The van der Waals surface area contributed by atoms with Gasteiger partial charge in [0, 0.05) is 43.2 Å². The second-order valence-corrected chi connectivity index (χ2v) is 14.5. The number of halogens is 2. The Labute approximate surface area is 282 Å². The largest absolute Gasteiger partial charge is 0.508 e. The van der Waals surface area contributed by atoms with Crippen LogP contribution in [0.5, 0.6) is 11.8 Å². The Morgan fingerprint density at radius 2 is 1.96 bits per heavy atom. The van der Waals surface area contributed by atoms with Gasteiger partial charge < -0.3 is 24.2 Å². The number of morpholine rings is 1. The summed E-state index contributed by atoms with van der Waals surface area (Å²) in [6.45, 7) is 9.47. The van der Waals surface area contributed by atoms with Crippen LogP contribution in [0.3, 0.4) is 0 Å². The van der Waals surface area contributed by atoms with Gasteiger partial charge in [-0.25, -0.2) is 13.3 Å². The second-order valence-electron chi connectivity index (χ2n) is 14.5. The molecule has 4 fully saturated rings. The lowest BCUT2D eigenvalue weighted by Gasteiger charge is -2.30. The molecule has 6 heterocycles.